The Morgan fingerprint density at radius 3 is 2.45 bits per heavy atom. The number of benzene rings is 1. The van der Waals surface area contributed by atoms with Gasteiger partial charge in [0.1, 0.15) is 5.75 Å². The summed E-state index contributed by atoms with van der Waals surface area (Å²) in [6.07, 6.45) is 1.50. The van der Waals surface area contributed by atoms with Gasteiger partial charge in [0.05, 0.1) is 5.02 Å². The molecule has 1 N–H and O–H groups in total. The Hall–Kier alpha value is -0.660. The minimum Gasteiger partial charge on any atom is -0.506 e. The highest BCUT2D eigenvalue weighted by atomic mass is 35.5. The van der Waals surface area contributed by atoms with Crippen LogP contribution >= 0.6 is 23.2 Å². The molecule has 11 heavy (non-hydrogen) atoms. The quantitative estimate of drug-likeness (QED) is 0.718. The summed E-state index contributed by atoms with van der Waals surface area (Å²) in [7, 11) is 0. The fourth-order valence-electron chi connectivity index (χ4n) is 0.745. The fourth-order valence-corrected chi connectivity index (χ4v) is 1.27. The Morgan fingerprint density at radius 1 is 1.36 bits per heavy atom. The molecule has 0 amide bonds. The first kappa shape index (κ1) is 8.44. The van der Waals surface area contributed by atoms with Crippen molar-refractivity contribution < 1.29 is 5.11 Å². The Balaban J connectivity index is 3.40. The van der Waals surface area contributed by atoms with Gasteiger partial charge >= 0.3 is 0 Å². The van der Waals surface area contributed by atoms with Gasteiger partial charge in [-0.2, -0.15) is 0 Å². The van der Waals surface area contributed by atoms with E-state index in [1.807, 2.05) is 0 Å². The van der Waals surface area contributed by atoms with Crippen LogP contribution in [-0.2, 0) is 0 Å². The molecule has 0 saturated carbocycles. The molecule has 0 bridgehead atoms. The van der Waals surface area contributed by atoms with Crippen molar-refractivity contribution in [2.75, 3.05) is 0 Å². The van der Waals surface area contributed by atoms with Gasteiger partial charge in [0.25, 0.3) is 0 Å². The van der Waals surface area contributed by atoms with Gasteiger partial charge in [0.15, 0.2) is 0 Å². The van der Waals surface area contributed by atoms with Crippen LogP contribution in [0.3, 0.4) is 0 Å². The first-order valence-electron chi connectivity index (χ1n) is 2.96. The maximum absolute atomic E-state index is 9.12. The first-order chi connectivity index (χ1) is 5.16. The smallest absolute Gasteiger partial charge is 0.134 e. The largest absolute Gasteiger partial charge is 0.506 e. The standard InChI is InChI=1S/C8H6Cl2O/c1-2-5-6(9)3-4-7(11)8(5)10/h2-4,11H,1H2. The van der Waals surface area contributed by atoms with E-state index in [4.69, 9.17) is 28.3 Å². The van der Waals surface area contributed by atoms with Gasteiger partial charge < -0.3 is 5.11 Å². The third kappa shape index (κ3) is 1.50. The van der Waals surface area contributed by atoms with E-state index in [9.17, 15) is 0 Å². The highest BCUT2D eigenvalue weighted by Gasteiger charge is 2.05. The van der Waals surface area contributed by atoms with Crippen LogP contribution in [0.25, 0.3) is 6.08 Å². The van der Waals surface area contributed by atoms with Gasteiger partial charge in [-0.3, -0.25) is 0 Å². The number of hydrogen-bond donors (Lipinski definition) is 1. The van der Waals surface area contributed by atoms with Crippen LogP contribution in [0, 0.1) is 0 Å². The molecule has 1 aromatic carbocycles. The predicted molar refractivity (Wildman–Crippen MR) is 48.2 cm³/mol. The van der Waals surface area contributed by atoms with Crippen molar-refractivity contribution in [3.8, 4) is 5.75 Å². The van der Waals surface area contributed by atoms with E-state index in [-0.39, 0.29) is 10.8 Å². The summed E-state index contributed by atoms with van der Waals surface area (Å²) in [6, 6.07) is 3.01. The monoisotopic (exact) mass is 188 g/mol. The molecule has 0 aliphatic carbocycles. The number of phenols is 1. The molecule has 0 aromatic heterocycles. The molecule has 1 nitrogen and oxygen atoms in total. The number of rotatable bonds is 1. The summed E-state index contributed by atoms with van der Waals surface area (Å²) < 4.78 is 0. The summed E-state index contributed by atoms with van der Waals surface area (Å²) in [5, 5.41) is 9.85. The molecule has 0 unspecified atom stereocenters. The van der Waals surface area contributed by atoms with E-state index in [2.05, 4.69) is 6.58 Å². The molecule has 0 aliphatic heterocycles. The van der Waals surface area contributed by atoms with Crippen molar-refractivity contribution in [2.24, 2.45) is 0 Å². The zero-order chi connectivity index (χ0) is 8.43. The van der Waals surface area contributed by atoms with Gasteiger partial charge in [-0.15, -0.1) is 0 Å². The lowest BCUT2D eigenvalue weighted by Gasteiger charge is -2.02. The number of phenolic OH excluding ortho intramolecular Hbond substituents is 1. The highest BCUT2D eigenvalue weighted by molar-refractivity contribution is 6.38. The minimum absolute atomic E-state index is 0.0194. The van der Waals surface area contributed by atoms with Gasteiger partial charge in [-0.25, -0.2) is 0 Å². The van der Waals surface area contributed by atoms with Gasteiger partial charge in [-0.05, 0) is 12.1 Å². The van der Waals surface area contributed by atoms with Crippen LogP contribution in [0.4, 0.5) is 0 Å². The van der Waals surface area contributed by atoms with Crippen molar-refractivity contribution in [3.05, 3.63) is 34.3 Å². The van der Waals surface area contributed by atoms with Crippen molar-refractivity contribution in [2.45, 2.75) is 0 Å². The summed E-state index contributed by atoms with van der Waals surface area (Å²) >= 11 is 11.4. The topological polar surface area (TPSA) is 20.2 Å². The van der Waals surface area contributed by atoms with Crippen molar-refractivity contribution in [3.63, 3.8) is 0 Å². The fraction of sp³-hybridized carbons (Fsp3) is 0. The molecule has 3 heteroatoms. The molecule has 0 spiro atoms. The molecule has 1 rings (SSSR count). The van der Waals surface area contributed by atoms with Crippen molar-refractivity contribution in [1.29, 1.82) is 0 Å². The zero-order valence-corrected chi connectivity index (χ0v) is 7.15. The maximum Gasteiger partial charge on any atom is 0.134 e. The van der Waals surface area contributed by atoms with Crippen molar-refractivity contribution in [1.82, 2.24) is 0 Å². The molecule has 0 aliphatic rings. The van der Waals surface area contributed by atoms with Gasteiger partial charge in [0.2, 0.25) is 0 Å². The van der Waals surface area contributed by atoms with Gasteiger partial charge in [-0.1, -0.05) is 35.9 Å². The predicted octanol–water partition coefficient (Wildman–Crippen LogP) is 3.34. The van der Waals surface area contributed by atoms with E-state index < -0.39 is 0 Å². The van der Waals surface area contributed by atoms with Crippen LogP contribution in [-0.4, -0.2) is 5.11 Å². The van der Waals surface area contributed by atoms with E-state index in [0.29, 0.717) is 10.6 Å². The molecule has 0 atom stereocenters. The highest BCUT2D eigenvalue weighted by Crippen LogP contribution is 2.32. The molecule has 58 valence electrons. The third-order valence-corrected chi connectivity index (χ3v) is 2.04. The zero-order valence-electron chi connectivity index (χ0n) is 5.64. The lowest BCUT2D eigenvalue weighted by Crippen LogP contribution is -1.77. The number of hydrogen-bond acceptors (Lipinski definition) is 1. The second kappa shape index (κ2) is 3.16. The average molecular weight is 189 g/mol. The Morgan fingerprint density at radius 2 is 2.00 bits per heavy atom. The Kier molecular flexibility index (Phi) is 2.42. The van der Waals surface area contributed by atoms with E-state index in [1.165, 1.54) is 12.1 Å². The average Bonchev–Trinajstić information content (AvgIpc) is 1.99. The molecule has 1 aromatic rings. The van der Waals surface area contributed by atoms with E-state index in [0.717, 1.165) is 0 Å². The van der Waals surface area contributed by atoms with Crippen LogP contribution in [0.2, 0.25) is 10.0 Å². The molecule has 0 fully saturated rings. The van der Waals surface area contributed by atoms with Crippen LogP contribution in [0.1, 0.15) is 5.56 Å². The summed E-state index contributed by atoms with van der Waals surface area (Å²) in [5.41, 5.74) is 0.563. The SMILES string of the molecule is C=Cc1c(Cl)ccc(O)c1Cl. The van der Waals surface area contributed by atoms with Gasteiger partial charge in [0, 0.05) is 10.6 Å². The lowest BCUT2D eigenvalue weighted by atomic mass is 10.2. The lowest BCUT2D eigenvalue weighted by molar-refractivity contribution is 0.475. The Labute approximate surface area is 74.9 Å². The molecule has 0 heterocycles. The van der Waals surface area contributed by atoms with Crippen LogP contribution in [0.5, 0.6) is 5.75 Å². The Bertz CT molecular complexity index is 294. The first-order valence-corrected chi connectivity index (χ1v) is 3.72. The summed E-state index contributed by atoms with van der Waals surface area (Å²) in [5.74, 6) is 0.0194. The maximum atomic E-state index is 9.12. The van der Waals surface area contributed by atoms with E-state index >= 15 is 0 Å². The second-order valence-corrected chi connectivity index (χ2v) is 2.78. The van der Waals surface area contributed by atoms with Crippen LogP contribution < -0.4 is 0 Å². The molecule has 0 radical (unpaired) electrons. The van der Waals surface area contributed by atoms with Crippen molar-refractivity contribution >= 4 is 29.3 Å². The molecule has 0 saturated heterocycles. The molecular formula is C8H6Cl2O. The summed E-state index contributed by atoms with van der Waals surface area (Å²) in [6.45, 7) is 3.51. The normalized spacial score (nSPS) is 9.64. The third-order valence-electron chi connectivity index (χ3n) is 1.31. The number of halogens is 2. The van der Waals surface area contributed by atoms with Crippen LogP contribution in [0.15, 0.2) is 18.7 Å². The van der Waals surface area contributed by atoms with E-state index in [1.54, 1.807) is 6.07 Å². The second-order valence-electron chi connectivity index (χ2n) is 2.00. The molecular weight excluding hydrogens is 183 g/mol. The summed E-state index contributed by atoms with van der Waals surface area (Å²) in [4.78, 5) is 0. The number of aromatic hydroxyl groups is 1. The minimum atomic E-state index is 0.0194.